The third-order valence-corrected chi connectivity index (χ3v) is 6.11. The van der Waals surface area contributed by atoms with Crippen molar-refractivity contribution in [1.29, 1.82) is 0 Å². The fourth-order valence-electron chi connectivity index (χ4n) is 4.27. The molecule has 1 aromatic heterocycles. The van der Waals surface area contributed by atoms with E-state index in [0.717, 1.165) is 62.6 Å². The van der Waals surface area contributed by atoms with Crippen LogP contribution in [0.2, 0.25) is 5.02 Å². The molecule has 1 aromatic carbocycles. The number of H-pyrrole nitrogens is 1. The minimum Gasteiger partial charge on any atom is -0.388 e. The standard InChI is InChI=1S/C21H28ClN3O/c22-16-5-7-17(8-6-16)25-13-11-24(12-14-25)10-9-21(26)19-15-23-20-4-2-1-3-18(19)20/h5-8,15,21,23,26H,1-4,9-14H2. The average Bonchev–Trinajstić information content (AvgIpc) is 3.11. The van der Waals surface area contributed by atoms with E-state index in [0.29, 0.717) is 0 Å². The van der Waals surface area contributed by atoms with Crippen molar-refractivity contribution in [3.05, 3.63) is 52.3 Å². The predicted molar refractivity (Wildman–Crippen MR) is 107 cm³/mol. The van der Waals surface area contributed by atoms with E-state index in [2.05, 4.69) is 26.9 Å². The maximum absolute atomic E-state index is 10.7. The van der Waals surface area contributed by atoms with Crippen molar-refractivity contribution in [2.75, 3.05) is 37.6 Å². The predicted octanol–water partition coefficient (Wildman–Crippen LogP) is 3.79. The van der Waals surface area contributed by atoms with Crippen molar-refractivity contribution < 1.29 is 5.11 Å². The Bertz CT molecular complexity index is 719. The molecule has 4 rings (SSSR count). The van der Waals surface area contributed by atoms with Crippen molar-refractivity contribution in [3.8, 4) is 0 Å². The first-order chi connectivity index (χ1) is 12.7. The van der Waals surface area contributed by atoms with Crippen molar-refractivity contribution in [3.63, 3.8) is 0 Å². The van der Waals surface area contributed by atoms with Gasteiger partial charge >= 0.3 is 0 Å². The van der Waals surface area contributed by atoms with Gasteiger partial charge in [0.15, 0.2) is 0 Å². The van der Waals surface area contributed by atoms with Crippen LogP contribution in [0.4, 0.5) is 5.69 Å². The van der Waals surface area contributed by atoms with E-state index in [4.69, 9.17) is 11.6 Å². The molecule has 0 saturated carbocycles. The normalized spacial score (nSPS) is 19.4. The number of aliphatic hydroxyl groups excluding tert-OH is 1. The second kappa shape index (κ2) is 8.03. The summed E-state index contributed by atoms with van der Waals surface area (Å²) in [6.45, 7) is 5.09. The highest BCUT2D eigenvalue weighted by Gasteiger charge is 2.22. The quantitative estimate of drug-likeness (QED) is 0.837. The lowest BCUT2D eigenvalue weighted by Gasteiger charge is -2.36. The number of anilines is 1. The number of aryl methyl sites for hydroxylation is 1. The van der Waals surface area contributed by atoms with Gasteiger partial charge in [0, 0.05) is 60.9 Å². The molecule has 0 radical (unpaired) electrons. The van der Waals surface area contributed by atoms with Gasteiger partial charge in [0.2, 0.25) is 0 Å². The number of piperazine rings is 1. The Morgan fingerprint density at radius 1 is 1.04 bits per heavy atom. The molecule has 5 heteroatoms. The smallest absolute Gasteiger partial charge is 0.0819 e. The lowest BCUT2D eigenvalue weighted by atomic mass is 9.92. The largest absolute Gasteiger partial charge is 0.388 e. The molecule has 1 saturated heterocycles. The maximum Gasteiger partial charge on any atom is 0.0819 e. The fourth-order valence-corrected chi connectivity index (χ4v) is 4.40. The molecule has 26 heavy (non-hydrogen) atoms. The van der Waals surface area contributed by atoms with Crippen LogP contribution in [-0.2, 0) is 12.8 Å². The Hall–Kier alpha value is -1.49. The molecule has 4 nitrogen and oxygen atoms in total. The minimum absolute atomic E-state index is 0.345. The molecule has 1 atom stereocenters. The van der Waals surface area contributed by atoms with Crippen LogP contribution in [0.25, 0.3) is 0 Å². The number of fused-ring (bicyclic) bond motifs is 1. The maximum atomic E-state index is 10.7. The van der Waals surface area contributed by atoms with Crippen LogP contribution in [0.15, 0.2) is 30.5 Å². The van der Waals surface area contributed by atoms with Gasteiger partial charge in [-0.15, -0.1) is 0 Å². The molecule has 1 fully saturated rings. The number of aromatic amines is 1. The number of halogens is 1. The van der Waals surface area contributed by atoms with E-state index in [9.17, 15) is 5.11 Å². The van der Waals surface area contributed by atoms with Crippen LogP contribution < -0.4 is 4.90 Å². The van der Waals surface area contributed by atoms with E-state index in [1.54, 1.807) is 0 Å². The third kappa shape index (κ3) is 3.93. The van der Waals surface area contributed by atoms with Gasteiger partial charge in [0.05, 0.1) is 6.10 Å². The number of aromatic nitrogens is 1. The molecule has 140 valence electrons. The highest BCUT2D eigenvalue weighted by molar-refractivity contribution is 6.30. The molecule has 1 aliphatic carbocycles. The van der Waals surface area contributed by atoms with Crippen LogP contribution in [0.1, 0.15) is 42.2 Å². The Balaban J connectivity index is 1.27. The van der Waals surface area contributed by atoms with Crippen molar-refractivity contribution in [2.24, 2.45) is 0 Å². The molecule has 1 aliphatic heterocycles. The van der Waals surface area contributed by atoms with Gasteiger partial charge < -0.3 is 15.0 Å². The van der Waals surface area contributed by atoms with Crippen molar-refractivity contribution in [2.45, 2.75) is 38.2 Å². The summed E-state index contributed by atoms with van der Waals surface area (Å²) in [7, 11) is 0. The molecule has 2 heterocycles. The first-order valence-corrected chi connectivity index (χ1v) is 10.2. The zero-order chi connectivity index (χ0) is 17.9. The first-order valence-electron chi connectivity index (χ1n) is 9.80. The van der Waals surface area contributed by atoms with Gasteiger partial charge in [-0.25, -0.2) is 0 Å². The molecular formula is C21H28ClN3O. The average molecular weight is 374 g/mol. The number of benzene rings is 1. The number of hydrogen-bond donors (Lipinski definition) is 2. The molecule has 0 amide bonds. The number of nitrogens with zero attached hydrogens (tertiary/aromatic N) is 2. The van der Waals surface area contributed by atoms with Gasteiger partial charge in [-0.05, 0) is 61.9 Å². The van der Waals surface area contributed by atoms with Gasteiger partial charge in [0.1, 0.15) is 0 Å². The van der Waals surface area contributed by atoms with Crippen LogP contribution in [0.3, 0.4) is 0 Å². The van der Waals surface area contributed by atoms with Crippen molar-refractivity contribution in [1.82, 2.24) is 9.88 Å². The number of nitrogens with one attached hydrogen (secondary N) is 1. The summed E-state index contributed by atoms with van der Waals surface area (Å²) in [4.78, 5) is 8.26. The van der Waals surface area contributed by atoms with E-state index < -0.39 is 0 Å². The lowest BCUT2D eigenvalue weighted by molar-refractivity contribution is 0.138. The molecule has 2 N–H and O–H groups in total. The van der Waals surface area contributed by atoms with E-state index in [1.807, 2.05) is 18.3 Å². The molecule has 1 unspecified atom stereocenters. The minimum atomic E-state index is -0.345. The SMILES string of the molecule is OC(CCN1CCN(c2ccc(Cl)cc2)CC1)c1c[nH]c2c1CCCC2. The topological polar surface area (TPSA) is 42.5 Å². The fraction of sp³-hybridized carbons (Fsp3) is 0.524. The number of aliphatic hydroxyl groups is 1. The van der Waals surface area contributed by atoms with Crippen molar-refractivity contribution >= 4 is 17.3 Å². The van der Waals surface area contributed by atoms with Gasteiger partial charge in [-0.1, -0.05) is 11.6 Å². The molecule has 0 bridgehead atoms. The van der Waals surface area contributed by atoms with E-state index in [-0.39, 0.29) is 6.10 Å². The van der Waals surface area contributed by atoms with E-state index in [1.165, 1.54) is 29.8 Å². The summed E-state index contributed by atoms with van der Waals surface area (Å²) in [5.74, 6) is 0. The molecule has 2 aliphatic rings. The summed E-state index contributed by atoms with van der Waals surface area (Å²) >= 11 is 5.98. The highest BCUT2D eigenvalue weighted by atomic mass is 35.5. The second-order valence-electron chi connectivity index (χ2n) is 7.52. The Morgan fingerprint density at radius 2 is 1.77 bits per heavy atom. The number of rotatable bonds is 5. The first kappa shape index (κ1) is 17.9. The zero-order valence-electron chi connectivity index (χ0n) is 15.3. The summed E-state index contributed by atoms with van der Waals surface area (Å²) in [6, 6.07) is 8.10. The van der Waals surface area contributed by atoms with E-state index >= 15 is 0 Å². The Morgan fingerprint density at radius 3 is 2.54 bits per heavy atom. The Kier molecular flexibility index (Phi) is 5.53. The summed E-state index contributed by atoms with van der Waals surface area (Å²) < 4.78 is 0. The Labute approximate surface area is 160 Å². The highest BCUT2D eigenvalue weighted by Crippen LogP contribution is 2.29. The molecular weight excluding hydrogens is 346 g/mol. The lowest BCUT2D eigenvalue weighted by Crippen LogP contribution is -2.46. The van der Waals surface area contributed by atoms with Gasteiger partial charge in [0.25, 0.3) is 0 Å². The van der Waals surface area contributed by atoms with Gasteiger partial charge in [-0.3, -0.25) is 4.90 Å². The summed E-state index contributed by atoms with van der Waals surface area (Å²) in [5, 5.41) is 11.5. The zero-order valence-corrected chi connectivity index (χ0v) is 16.0. The summed E-state index contributed by atoms with van der Waals surface area (Å²) in [6.07, 6.45) is 7.27. The molecule has 2 aromatic rings. The van der Waals surface area contributed by atoms with Crippen LogP contribution in [0.5, 0.6) is 0 Å². The second-order valence-corrected chi connectivity index (χ2v) is 7.95. The van der Waals surface area contributed by atoms with Crippen LogP contribution in [0, 0.1) is 0 Å². The van der Waals surface area contributed by atoms with Crippen LogP contribution in [-0.4, -0.2) is 47.7 Å². The summed E-state index contributed by atoms with van der Waals surface area (Å²) in [5.41, 5.74) is 5.12. The molecule has 0 spiro atoms. The monoisotopic (exact) mass is 373 g/mol. The third-order valence-electron chi connectivity index (χ3n) is 5.86. The van der Waals surface area contributed by atoms with Crippen LogP contribution >= 0.6 is 11.6 Å². The number of hydrogen-bond acceptors (Lipinski definition) is 3. The van der Waals surface area contributed by atoms with Gasteiger partial charge in [-0.2, -0.15) is 0 Å².